The molecule has 0 bridgehead atoms. The standard InChI is InChI=1S/C17H13N5O2/c23-16(24-12-6-2-1-3-7-12)11-22-10-15(19-21-22)17-13-8-4-5-9-14(13)18-20-17/h1-10H,11H2,(H,18,20). The highest BCUT2D eigenvalue weighted by Crippen LogP contribution is 2.23. The molecule has 0 unspecified atom stereocenters. The molecule has 1 N–H and O–H groups in total. The summed E-state index contributed by atoms with van der Waals surface area (Å²) in [4.78, 5) is 12.0. The predicted octanol–water partition coefficient (Wildman–Crippen LogP) is 2.43. The minimum Gasteiger partial charge on any atom is -0.425 e. The Morgan fingerprint density at radius 1 is 1.08 bits per heavy atom. The van der Waals surface area contributed by atoms with E-state index in [0.717, 1.165) is 10.9 Å². The first-order chi connectivity index (χ1) is 11.8. The lowest BCUT2D eigenvalue weighted by Crippen LogP contribution is -2.16. The van der Waals surface area contributed by atoms with Gasteiger partial charge in [-0.3, -0.25) is 5.10 Å². The van der Waals surface area contributed by atoms with Gasteiger partial charge < -0.3 is 4.74 Å². The highest BCUT2D eigenvalue weighted by Gasteiger charge is 2.13. The molecular weight excluding hydrogens is 306 g/mol. The number of carbonyl (C=O) groups is 1. The average Bonchev–Trinajstić information content (AvgIpc) is 3.22. The Bertz CT molecular complexity index is 990. The average molecular weight is 319 g/mol. The second-order valence-corrected chi connectivity index (χ2v) is 5.21. The Morgan fingerprint density at radius 3 is 2.75 bits per heavy atom. The topological polar surface area (TPSA) is 85.7 Å². The van der Waals surface area contributed by atoms with Crippen LogP contribution in [0, 0.1) is 0 Å². The zero-order valence-electron chi connectivity index (χ0n) is 12.6. The van der Waals surface area contributed by atoms with Crippen LogP contribution < -0.4 is 4.74 Å². The number of aromatic amines is 1. The van der Waals surface area contributed by atoms with Crippen molar-refractivity contribution in [2.75, 3.05) is 0 Å². The van der Waals surface area contributed by atoms with Crippen molar-refractivity contribution in [3.63, 3.8) is 0 Å². The van der Waals surface area contributed by atoms with Gasteiger partial charge in [-0.1, -0.05) is 41.6 Å². The van der Waals surface area contributed by atoms with Crippen molar-refractivity contribution in [3.8, 4) is 17.1 Å². The molecule has 0 spiro atoms. The van der Waals surface area contributed by atoms with Crippen LogP contribution in [0.25, 0.3) is 22.3 Å². The number of hydrogen-bond acceptors (Lipinski definition) is 5. The van der Waals surface area contributed by atoms with E-state index in [0.29, 0.717) is 17.1 Å². The van der Waals surface area contributed by atoms with Crippen LogP contribution in [0.3, 0.4) is 0 Å². The third kappa shape index (κ3) is 2.74. The number of aromatic nitrogens is 5. The van der Waals surface area contributed by atoms with Crippen LogP contribution in [0.2, 0.25) is 0 Å². The number of nitrogens with zero attached hydrogens (tertiary/aromatic N) is 4. The molecule has 2 aromatic heterocycles. The normalized spacial score (nSPS) is 10.8. The van der Waals surface area contributed by atoms with Gasteiger partial charge in [0.25, 0.3) is 0 Å². The van der Waals surface area contributed by atoms with Gasteiger partial charge >= 0.3 is 5.97 Å². The molecule has 24 heavy (non-hydrogen) atoms. The Kier molecular flexibility index (Phi) is 3.51. The number of H-pyrrole nitrogens is 1. The Morgan fingerprint density at radius 2 is 1.88 bits per heavy atom. The van der Waals surface area contributed by atoms with Crippen LogP contribution in [-0.4, -0.2) is 31.2 Å². The van der Waals surface area contributed by atoms with Crippen molar-refractivity contribution in [2.45, 2.75) is 6.54 Å². The maximum absolute atomic E-state index is 12.0. The Hall–Kier alpha value is -3.48. The van der Waals surface area contributed by atoms with Gasteiger partial charge in [-0.2, -0.15) is 5.10 Å². The molecule has 4 rings (SSSR count). The minimum atomic E-state index is -0.412. The van der Waals surface area contributed by atoms with E-state index >= 15 is 0 Å². The van der Waals surface area contributed by atoms with Gasteiger partial charge in [-0.15, -0.1) is 5.10 Å². The van der Waals surface area contributed by atoms with Gasteiger partial charge in [0.1, 0.15) is 23.7 Å². The number of rotatable bonds is 4. The van der Waals surface area contributed by atoms with Gasteiger partial charge in [0.05, 0.1) is 11.7 Å². The quantitative estimate of drug-likeness (QED) is 0.461. The van der Waals surface area contributed by atoms with E-state index < -0.39 is 5.97 Å². The monoisotopic (exact) mass is 319 g/mol. The van der Waals surface area contributed by atoms with Crippen molar-refractivity contribution >= 4 is 16.9 Å². The third-order valence-corrected chi connectivity index (χ3v) is 3.52. The summed E-state index contributed by atoms with van der Waals surface area (Å²) < 4.78 is 6.67. The summed E-state index contributed by atoms with van der Waals surface area (Å²) >= 11 is 0. The zero-order chi connectivity index (χ0) is 16.4. The van der Waals surface area contributed by atoms with Gasteiger partial charge in [0, 0.05) is 5.39 Å². The van der Waals surface area contributed by atoms with Gasteiger partial charge in [0.15, 0.2) is 0 Å². The number of carbonyl (C=O) groups excluding carboxylic acids is 1. The lowest BCUT2D eigenvalue weighted by Gasteiger charge is -2.03. The molecule has 0 aliphatic heterocycles. The highest BCUT2D eigenvalue weighted by molar-refractivity contribution is 5.91. The highest BCUT2D eigenvalue weighted by atomic mass is 16.5. The number of esters is 1. The van der Waals surface area contributed by atoms with Crippen molar-refractivity contribution < 1.29 is 9.53 Å². The molecule has 0 atom stereocenters. The molecule has 0 saturated heterocycles. The first-order valence-corrected chi connectivity index (χ1v) is 7.39. The molecule has 118 valence electrons. The van der Waals surface area contributed by atoms with Crippen molar-refractivity contribution in [1.82, 2.24) is 25.2 Å². The number of ether oxygens (including phenoxy) is 1. The molecule has 2 heterocycles. The first-order valence-electron chi connectivity index (χ1n) is 7.39. The summed E-state index contributed by atoms with van der Waals surface area (Å²) in [5, 5.41) is 16.2. The summed E-state index contributed by atoms with van der Waals surface area (Å²) in [6.07, 6.45) is 1.68. The molecule has 0 saturated carbocycles. The molecule has 7 heteroatoms. The number of benzene rings is 2. The van der Waals surface area contributed by atoms with Crippen LogP contribution in [0.1, 0.15) is 0 Å². The van der Waals surface area contributed by atoms with E-state index in [-0.39, 0.29) is 6.54 Å². The fourth-order valence-corrected chi connectivity index (χ4v) is 2.43. The number of nitrogens with one attached hydrogen (secondary N) is 1. The van der Waals surface area contributed by atoms with Crippen LogP contribution in [0.4, 0.5) is 0 Å². The molecule has 0 fully saturated rings. The van der Waals surface area contributed by atoms with E-state index in [1.165, 1.54) is 4.68 Å². The summed E-state index contributed by atoms with van der Waals surface area (Å²) in [6.45, 7) is -0.0236. The smallest absolute Gasteiger partial charge is 0.333 e. The maximum atomic E-state index is 12.0. The molecule has 0 radical (unpaired) electrons. The van der Waals surface area contributed by atoms with E-state index in [1.54, 1.807) is 30.5 Å². The van der Waals surface area contributed by atoms with Gasteiger partial charge in [0.2, 0.25) is 0 Å². The maximum Gasteiger partial charge on any atom is 0.333 e. The van der Waals surface area contributed by atoms with Gasteiger partial charge in [-0.25, -0.2) is 9.48 Å². The van der Waals surface area contributed by atoms with E-state index in [1.807, 2.05) is 30.3 Å². The fourth-order valence-electron chi connectivity index (χ4n) is 2.43. The minimum absolute atomic E-state index is 0.0236. The van der Waals surface area contributed by atoms with Crippen LogP contribution >= 0.6 is 0 Å². The van der Waals surface area contributed by atoms with Crippen LogP contribution in [-0.2, 0) is 11.3 Å². The van der Waals surface area contributed by atoms with Crippen LogP contribution in [0.15, 0.2) is 60.8 Å². The lowest BCUT2D eigenvalue weighted by atomic mass is 10.2. The molecule has 0 amide bonds. The first kappa shape index (κ1) is 14.1. The van der Waals surface area contributed by atoms with Crippen molar-refractivity contribution in [3.05, 3.63) is 60.8 Å². The second kappa shape index (κ2) is 5.96. The molecule has 2 aromatic carbocycles. The zero-order valence-corrected chi connectivity index (χ0v) is 12.6. The lowest BCUT2D eigenvalue weighted by molar-refractivity contribution is -0.135. The molecular formula is C17H13N5O2. The summed E-state index contributed by atoms with van der Waals surface area (Å²) in [5.74, 6) is 0.0886. The second-order valence-electron chi connectivity index (χ2n) is 5.21. The fraction of sp³-hybridized carbons (Fsp3) is 0.0588. The summed E-state index contributed by atoms with van der Waals surface area (Å²) in [7, 11) is 0. The van der Waals surface area contributed by atoms with E-state index in [9.17, 15) is 4.79 Å². The number of hydrogen-bond donors (Lipinski definition) is 1. The SMILES string of the molecule is O=C(Cn1cc(-c2n[nH]c3ccccc23)nn1)Oc1ccccc1. The van der Waals surface area contributed by atoms with Crippen molar-refractivity contribution in [1.29, 1.82) is 0 Å². The Balaban J connectivity index is 1.52. The largest absolute Gasteiger partial charge is 0.425 e. The van der Waals surface area contributed by atoms with Crippen LogP contribution in [0.5, 0.6) is 5.75 Å². The van der Waals surface area contributed by atoms with Gasteiger partial charge in [-0.05, 0) is 18.2 Å². The Labute approximate surface area is 136 Å². The number of fused-ring (bicyclic) bond motifs is 1. The summed E-state index contributed by atoms with van der Waals surface area (Å²) in [5.41, 5.74) is 2.22. The third-order valence-electron chi connectivity index (χ3n) is 3.52. The molecule has 0 aliphatic carbocycles. The van der Waals surface area contributed by atoms with E-state index in [2.05, 4.69) is 20.5 Å². The summed E-state index contributed by atoms with van der Waals surface area (Å²) in [6, 6.07) is 16.7. The molecule has 4 aromatic rings. The van der Waals surface area contributed by atoms with E-state index in [4.69, 9.17) is 4.74 Å². The number of para-hydroxylation sites is 2. The predicted molar refractivity (Wildman–Crippen MR) is 87.2 cm³/mol. The molecule has 0 aliphatic rings. The van der Waals surface area contributed by atoms with Crippen molar-refractivity contribution in [2.24, 2.45) is 0 Å². The molecule has 7 nitrogen and oxygen atoms in total.